The number of phenols is 1. The topological polar surface area (TPSA) is 130 Å². The maximum atomic E-state index is 14.4. The number of aromatic nitrogens is 1. The Bertz CT molecular complexity index is 2100. The third kappa shape index (κ3) is 4.01. The van der Waals surface area contributed by atoms with Crippen molar-refractivity contribution in [2.45, 2.75) is 28.5 Å². The molecule has 0 spiro atoms. The van der Waals surface area contributed by atoms with Crippen molar-refractivity contribution in [2.24, 2.45) is 17.8 Å². The minimum Gasteiger partial charge on any atom is -0.504 e. The zero-order valence-electron chi connectivity index (χ0n) is 25.4. The van der Waals surface area contributed by atoms with Gasteiger partial charge in [0.05, 0.1) is 24.6 Å². The average molecular weight is 751 g/mol. The van der Waals surface area contributed by atoms with E-state index in [1.165, 1.54) is 19.1 Å². The normalized spacial score (nSPS) is 29.6. The summed E-state index contributed by atoms with van der Waals surface area (Å²) in [6, 6.07) is 17.4. The molecule has 1 saturated carbocycles. The number of benzene rings is 3. The van der Waals surface area contributed by atoms with Crippen LogP contribution in [0.25, 0.3) is 22.6 Å². The number of amides is 4. The van der Waals surface area contributed by atoms with Crippen LogP contribution in [-0.4, -0.2) is 62.5 Å². The van der Waals surface area contributed by atoms with Crippen LogP contribution in [0.5, 0.6) is 11.5 Å². The van der Waals surface area contributed by atoms with Gasteiger partial charge in [0.25, 0.3) is 11.8 Å². The number of likely N-dealkylation sites (tertiary alicyclic amines) is 1. The molecule has 4 amide bonds. The number of methoxy groups -OCH3 is 1. The van der Waals surface area contributed by atoms with Crippen LogP contribution in [0.3, 0.4) is 0 Å². The van der Waals surface area contributed by atoms with E-state index < -0.39 is 51.1 Å². The van der Waals surface area contributed by atoms with Crippen molar-refractivity contribution in [3.63, 3.8) is 0 Å². The number of fused-ring (bicyclic) bond motifs is 5. The van der Waals surface area contributed by atoms with Crippen molar-refractivity contribution >= 4 is 79.5 Å². The van der Waals surface area contributed by atoms with Crippen LogP contribution >= 0.6 is 39.1 Å². The summed E-state index contributed by atoms with van der Waals surface area (Å²) in [4.78, 5) is 58.5. The zero-order chi connectivity index (χ0) is 33.9. The molecule has 6 atom stereocenters. The van der Waals surface area contributed by atoms with Crippen molar-refractivity contribution in [3.8, 4) is 23.0 Å². The predicted octanol–water partition coefficient (Wildman–Crippen LogP) is 6.16. The van der Waals surface area contributed by atoms with E-state index in [9.17, 15) is 24.3 Å². The Hall–Kier alpha value is -4.19. The smallest absolute Gasteiger partial charge is 0.253 e. The third-order valence-electron chi connectivity index (χ3n) is 10.3. The number of ether oxygens (including phenoxy) is 1. The lowest BCUT2D eigenvalue weighted by Crippen LogP contribution is -2.60. The minimum atomic E-state index is -2.04. The summed E-state index contributed by atoms with van der Waals surface area (Å²) in [5, 5.41) is 11.4. The highest BCUT2D eigenvalue weighted by Gasteiger charge is 2.76. The number of hydrogen-bond donors (Lipinski definition) is 1. The summed E-state index contributed by atoms with van der Waals surface area (Å²) in [7, 11) is 2.70. The fraction of sp³-hybridized carbons (Fsp3) is 0.286. The van der Waals surface area contributed by atoms with Crippen molar-refractivity contribution in [3.05, 3.63) is 82.3 Å². The molecule has 244 valence electrons. The van der Waals surface area contributed by atoms with Crippen molar-refractivity contribution in [2.75, 3.05) is 19.1 Å². The first kappa shape index (κ1) is 31.1. The van der Waals surface area contributed by atoms with Gasteiger partial charge in [0.1, 0.15) is 5.52 Å². The molecule has 1 N–H and O–H groups in total. The monoisotopic (exact) mass is 749 g/mol. The summed E-state index contributed by atoms with van der Waals surface area (Å²) in [5.74, 6) is -5.51. The van der Waals surface area contributed by atoms with Gasteiger partial charge in [-0.2, -0.15) is 0 Å². The molecule has 4 aromatic rings. The molecular formula is C35H26BrCl2N3O7. The molecule has 13 heteroatoms. The quantitative estimate of drug-likeness (QED) is 0.149. The second-order valence-electron chi connectivity index (χ2n) is 12.6. The molecule has 10 nitrogen and oxygen atoms in total. The minimum absolute atomic E-state index is 0.112. The third-order valence-corrected chi connectivity index (χ3v) is 12.2. The lowest BCUT2D eigenvalue weighted by Gasteiger charge is -2.50. The Labute approximate surface area is 292 Å². The van der Waals surface area contributed by atoms with Crippen molar-refractivity contribution < 1.29 is 33.4 Å². The van der Waals surface area contributed by atoms with Gasteiger partial charge in [-0.05, 0) is 67.3 Å². The first-order valence-corrected chi connectivity index (χ1v) is 16.8. The van der Waals surface area contributed by atoms with E-state index in [4.69, 9.17) is 32.4 Å². The Kier molecular flexibility index (Phi) is 6.90. The lowest BCUT2D eigenvalue weighted by molar-refractivity contribution is -0.138. The van der Waals surface area contributed by atoms with E-state index >= 15 is 0 Å². The van der Waals surface area contributed by atoms with Crippen molar-refractivity contribution in [1.82, 2.24) is 9.88 Å². The van der Waals surface area contributed by atoms with E-state index in [1.807, 2.05) is 30.3 Å². The fourth-order valence-corrected chi connectivity index (χ4v) is 9.53. The number of aromatic hydroxyl groups is 1. The van der Waals surface area contributed by atoms with Crippen LogP contribution in [0.2, 0.25) is 0 Å². The summed E-state index contributed by atoms with van der Waals surface area (Å²) in [5.41, 5.74) is 3.16. The first-order valence-electron chi connectivity index (χ1n) is 15.2. The van der Waals surface area contributed by atoms with Crippen LogP contribution in [0.15, 0.2) is 81.2 Å². The molecule has 48 heavy (non-hydrogen) atoms. The highest BCUT2D eigenvalue weighted by Crippen LogP contribution is 2.66. The largest absolute Gasteiger partial charge is 0.504 e. The van der Waals surface area contributed by atoms with Gasteiger partial charge in [-0.25, -0.2) is 4.98 Å². The maximum Gasteiger partial charge on any atom is 0.253 e. The number of carbonyl (C=O) groups is 4. The number of alkyl halides is 2. The van der Waals surface area contributed by atoms with Gasteiger partial charge in [0, 0.05) is 28.6 Å². The first-order chi connectivity index (χ1) is 22.9. The number of rotatable bonds is 4. The Morgan fingerprint density at radius 3 is 2.44 bits per heavy atom. The van der Waals surface area contributed by atoms with Crippen molar-refractivity contribution in [1.29, 1.82) is 0 Å². The molecule has 8 rings (SSSR count). The lowest BCUT2D eigenvalue weighted by atomic mass is 9.56. The number of carbonyl (C=O) groups excluding carboxylic acids is 4. The molecule has 3 fully saturated rings. The van der Waals surface area contributed by atoms with Crippen LogP contribution < -0.4 is 9.64 Å². The van der Waals surface area contributed by atoms with E-state index in [0.29, 0.717) is 38.3 Å². The number of hydrogen-bond acceptors (Lipinski definition) is 8. The van der Waals surface area contributed by atoms with E-state index in [-0.39, 0.29) is 35.8 Å². The van der Waals surface area contributed by atoms with Crippen LogP contribution in [0.4, 0.5) is 5.69 Å². The molecule has 4 aliphatic rings. The summed E-state index contributed by atoms with van der Waals surface area (Å²) < 4.78 is 11.8. The molecular weight excluding hydrogens is 725 g/mol. The highest BCUT2D eigenvalue weighted by atomic mass is 79.9. The number of imide groups is 2. The van der Waals surface area contributed by atoms with Crippen LogP contribution in [0.1, 0.15) is 24.3 Å². The van der Waals surface area contributed by atoms with E-state index in [2.05, 4.69) is 20.9 Å². The summed E-state index contributed by atoms with van der Waals surface area (Å²) in [6.07, 6.45) is 1.83. The van der Waals surface area contributed by atoms with E-state index in [0.717, 1.165) is 4.90 Å². The fourth-order valence-electron chi connectivity index (χ4n) is 8.06. The standard InChI is InChI=1S/C35H26BrCl2N3O7/c1-40-32(45)34(37)15-22-19(27(35(34,38)33(40)46)21-13-17(36)14-25(47-2)28(21)42)11-12-20-26(22)31(44)41(30(20)43)18-9-7-16(8-10-18)29-39-23-5-3-4-6-24(23)48-29/h3-11,13-14,20,22,26-27,42H,12,15H2,1-2H3. The van der Waals surface area contributed by atoms with Gasteiger partial charge in [0.15, 0.2) is 26.8 Å². The molecule has 2 aliphatic heterocycles. The number of halogens is 3. The van der Waals surface area contributed by atoms with E-state index in [1.54, 1.807) is 36.4 Å². The molecule has 2 saturated heterocycles. The number of allylic oxidation sites excluding steroid dienone is 2. The second-order valence-corrected chi connectivity index (χ2v) is 14.7. The molecule has 0 bridgehead atoms. The van der Waals surface area contributed by atoms with Gasteiger partial charge in [-0.1, -0.05) is 39.7 Å². The second kappa shape index (κ2) is 10.7. The summed E-state index contributed by atoms with van der Waals surface area (Å²) >= 11 is 17.9. The Morgan fingerprint density at radius 2 is 1.73 bits per heavy atom. The van der Waals surface area contributed by atoms with Gasteiger partial charge >= 0.3 is 0 Å². The number of anilines is 1. The Morgan fingerprint density at radius 1 is 1.00 bits per heavy atom. The molecule has 3 aromatic carbocycles. The van der Waals surface area contributed by atoms with Crippen LogP contribution in [0, 0.1) is 17.8 Å². The molecule has 3 heterocycles. The number of phenolic OH excluding ortho intramolecular Hbond substituents is 1. The molecule has 6 unspecified atom stereocenters. The number of para-hydroxylation sites is 2. The summed E-state index contributed by atoms with van der Waals surface area (Å²) in [6.45, 7) is 0. The SMILES string of the molecule is COc1cc(Br)cc(C2C3=CCC4C(=O)N(c5ccc(-c6nc7ccccc7o6)cc5)C(=O)C4C3CC3(Cl)C(=O)N(C)C(=O)C23Cl)c1O. The van der Waals surface area contributed by atoms with Crippen LogP contribution in [-0.2, 0) is 19.2 Å². The maximum absolute atomic E-state index is 14.4. The highest BCUT2D eigenvalue weighted by molar-refractivity contribution is 9.10. The Balaban J connectivity index is 1.20. The van der Waals surface area contributed by atoms with Gasteiger partial charge in [-0.3, -0.25) is 29.0 Å². The zero-order valence-corrected chi connectivity index (χ0v) is 28.5. The van der Waals surface area contributed by atoms with Gasteiger partial charge in [0.2, 0.25) is 17.7 Å². The molecule has 1 aromatic heterocycles. The number of nitrogens with zero attached hydrogens (tertiary/aromatic N) is 3. The average Bonchev–Trinajstić information content (AvgIpc) is 3.67. The predicted molar refractivity (Wildman–Crippen MR) is 180 cm³/mol. The number of oxazole rings is 1. The van der Waals surface area contributed by atoms with Gasteiger partial charge < -0.3 is 14.3 Å². The van der Waals surface area contributed by atoms with Gasteiger partial charge in [-0.15, -0.1) is 23.2 Å². The molecule has 2 aliphatic carbocycles. The molecule has 0 radical (unpaired) electrons.